The fourth-order valence-electron chi connectivity index (χ4n) is 3.55. The second kappa shape index (κ2) is 7.47. The van der Waals surface area contributed by atoms with Gasteiger partial charge in [0.25, 0.3) is 11.8 Å². The number of rotatable bonds is 5. The maximum atomic E-state index is 13.1. The van der Waals surface area contributed by atoms with Crippen molar-refractivity contribution in [3.05, 3.63) is 59.4 Å². The van der Waals surface area contributed by atoms with Crippen molar-refractivity contribution in [3.63, 3.8) is 0 Å². The molecule has 31 heavy (non-hydrogen) atoms. The van der Waals surface area contributed by atoms with Crippen LogP contribution in [-0.4, -0.2) is 46.2 Å². The maximum absolute atomic E-state index is 13.1. The summed E-state index contributed by atoms with van der Waals surface area (Å²) in [6, 6.07) is 12.0. The summed E-state index contributed by atoms with van der Waals surface area (Å²) in [4.78, 5) is 31.3. The molecule has 10 nitrogen and oxygen atoms in total. The molecule has 0 saturated carbocycles. The smallest absolute Gasteiger partial charge is 0.263 e. The first kappa shape index (κ1) is 19.2. The van der Waals surface area contributed by atoms with Crippen LogP contribution in [0.15, 0.2) is 63.4 Å². The van der Waals surface area contributed by atoms with Gasteiger partial charge < -0.3 is 9.26 Å². The Balaban J connectivity index is 1.36. The van der Waals surface area contributed by atoms with Crippen LogP contribution in [0.5, 0.6) is 5.75 Å². The summed E-state index contributed by atoms with van der Waals surface area (Å²) >= 11 is 6.18. The number of imide groups is 1. The lowest BCUT2D eigenvalue weighted by Crippen LogP contribution is -2.39. The highest BCUT2D eigenvalue weighted by molar-refractivity contribution is 6.33. The molecule has 2 aromatic carbocycles. The first-order valence-corrected chi connectivity index (χ1v) is 9.71. The molecule has 2 atom stereocenters. The molecule has 0 N–H and O–H groups in total. The van der Waals surface area contributed by atoms with Gasteiger partial charge in [0, 0.05) is 5.56 Å². The first-order chi connectivity index (χ1) is 15.1. The lowest BCUT2D eigenvalue weighted by Gasteiger charge is -2.19. The molecular weight excluding hydrogens is 424 g/mol. The summed E-state index contributed by atoms with van der Waals surface area (Å²) in [5.41, 5.74) is 1.07. The zero-order chi connectivity index (χ0) is 21.5. The van der Waals surface area contributed by atoms with Crippen LogP contribution in [0, 0.1) is 0 Å². The van der Waals surface area contributed by atoms with Crippen molar-refractivity contribution >= 4 is 29.1 Å². The number of aromatic nitrogens is 2. The summed E-state index contributed by atoms with van der Waals surface area (Å²) in [5, 5.41) is 13.8. The Morgan fingerprint density at radius 3 is 2.61 bits per heavy atom. The standard InChI is InChI=1S/C20H15ClN6O4/c1-30-12-8-6-11(7-9-12)27-19(28)16-17(20(27)29)26(25-23-16)10-15-22-18(24-31-15)13-4-2-3-5-14(13)21/h2-9,16-17H,10H2,1H3. The molecule has 2 unspecified atom stereocenters. The van der Waals surface area contributed by atoms with Gasteiger partial charge in [-0.05, 0) is 36.4 Å². The Morgan fingerprint density at radius 2 is 1.87 bits per heavy atom. The van der Waals surface area contributed by atoms with E-state index >= 15 is 0 Å². The molecule has 1 aromatic heterocycles. The van der Waals surface area contributed by atoms with Gasteiger partial charge >= 0.3 is 0 Å². The van der Waals surface area contributed by atoms with Crippen LogP contribution in [0.25, 0.3) is 11.4 Å². The van der Waals surface area contributed by atoms with Crippen LogP contribution < -0.4 is 9.64 Å². The molecular formula is C20H15ClN6O4. The quantitative estimate of drug-likeness (QED) is 0.562. The van der Waals surface area contributed by atoms with Crippen molar-refractivity contribution < 1.29 is 18.8 Å². The molecule has 2 aliphatic heterocycles. The zero-order valence-electron chi connectivity index (χ0n) is 16.2. The van der Waals surface area contributed by atoms with Crippen molar-refractivity contribution in [3.8, 4) is 17.1 Å². The van der Waals surface area contributed by atoms with Crippen LogP contribution in [0.2, 0.25) is 5.02 Å². The number of fused-ring (bicyclic) bond motifs is 1. The highest BCUT2D eigenvalue weighted by Crippen LogP contribution is 2.33. The monoisotopic (exact) mass is 438 g/mol. The molecule has 1 saturated heterocycles. The number of ether oxygens (including phenoxy) is 1. The van der Waals surface area contributed by atoms with Gasteiger partial charge in [-0.15, -0.1) is 0 Å². The van der Waals surface area contributed by atoms with E-state index in [1.54, 1.807) is 49.6 Å². The summed E-state index contributed by atoms with van der Waals surface area (Å²) in [6.45, 7) is 0.0254. The van der Waals surface area contributed by atoms with E-state index in [2.05, 4.69) is 20.5 Å². The first-order valence-electron chi connectivity index (χ1n) is 9.33. The minimum Gasteiger partial charge on any atom is -0.497 e. The number of carbonyl (C=O) groups excluding carboxylic acids is 2. The molecule has 5 rings (SSSR count). The maximum Gasteiger partial charge on any atom is 0.263 e. The fraction of sp³-hybridized carbons (Fsp3) is 0.200. The van der Waals surface area contributed by atoms with Gasteiger partial charge in [0.2, 0.25) is 11.7 Å². The summed E-state index contributed by atoms with van der Waals surface area (Å²) in [5.74, 6) is 0.305. The normalized spacial score (nSPS) is 19.9. The van der Waals surface area contributed by atoms with E-state index in [1.165, 1.54) is 5.01 Å². The van der Waals surface area contributed by atoms with Crippen molar-refractivity contribution in [2.24, 2.45) is 10.3 Å². The fourth-order valence-corrected chi connectivity index (χ4v) is 3.77. The van der Waals surface area contributed by atoms with Crippen molar-refractivity contribution in [1.29, 1.82) is 0 Å². The molecule has 2 aliphatic rings. The van der Waals surface area contributed by atoms with Crippen LogP contribution in [-0.2, 0) is 16.1 Å². The van der Waals surface area contributed by atoms with E-state index in [9.17, 15) is 9.59 Å². The second-order valence-corrected chi connectivity index (χ2v) is 7.30. The number of amides is 2. The van der Waals surface area contributed by atoms with Crippen LogP contribution >= 0.6 is 11.6 Å². The number of benzene rings is 2. The van der Waals surface area contributed by atoms with Crippen molar-refractivity contribution in [2.75, 3.05) is 12.0 Å². The van der Waals surface area contributed by atoms with Gasteiger partial charge in [-0.2, -0.15) is 10.1 Å². The molecule has 0 spiro atoms. The minimum absolute atomic E-state index is 0.0254. The molecule has 0 aliphatic carbocycles. The third-order valence-electron chi connectivity index (χ3n) is 5.07. The molecule has 0 bridgehead atoms. The van der Waals surface area contributed by atoms with E-state index in [1.807, 2.05) is 6.07 Å². The van der Waals surface area contributed by atoms with Crippen molar-refractivity contribution in [2.45, 2.75) is 18.6 Å². The number of hydrogen-bond donors (Lipinski definition) is 0. The Labute approximate surface area is 181 Å². The molecule has 3 heterocycles. The minimum atomic E-state index is -0.916. The number of carbonyl (C=O) groups is 2. The lowest BCUT2D eigenvalue weighted by atomic mass is 10.1. The van der Waals surface area contributed by atoms with E-state index in [0.29, 0.717) is 27.8 Å². The van der Waals surface area contributed by atoms with E-state index in [4.69, 9.17) is 20.9 Å². The average molecular weight is 439 g/mol. The van der Waals surface area contributed by atoms with E-state index in [-0.39, 0.29) is 12.4 Å². The van der Waals surface area contributed by atoms with Crippen LogP contribution in [0.1, 0.15) is 5.89 Å². The van der Waals surface area contributed by atoms with Crippen LogP contribution in [0.3, 0.4) is 0 Å². The lowest BCUT2D eigenvalue weighted by molar-refractivity contribution is -0.123. The SMILES string of the molecule is COc1ccc(N2C(=O)C3N=NN(Cc4nc(-c5ccccc5Cl)no4)C3C2=O)cc1. The van der Waals surface area contributed by atoms with E-state index in [0.717, 1.165) is 4.90 Å². The predicted octanol–water partition coefficient (Wildman–Crippen LogP) is 2.89. The van der Waals surface area contributed by atoms with Gasteiger partial charge in [-0.1, -0.05) is 34.1 Å². The largest absolute Gasteiger partial charge is 0.497 e. The number of methoxy groups -OCH3 is 1. The van der Waals surface area contributed by atoms with E-state index < -0.39 is 23.9 Å². The zero-order valence-corrected chi connectivity index (χ0v) is 16.9. The van der Waals surface area contributed by atoms with Gasteiger partial charge in [0.1, 0.15) is 12.3 Å². The predicted molar refractivity (Wildman–Crippen MR) is 108 cm³/mol. The third kappa shape index (κ3) is 3.21. The highest BCUT2D eigenvalue weighted by atomic mass is 35.5. The molecule has 1 fully saturated rings. The van der Waals surface area contributed by atoms with Crippen LogP contribution in [0.4, 0.5) is 5.69 Å². The Hall–Kier alpha value is -3.79. The topological polar surface area (TPSA) is 113 Å². The van der Waals surface area contributed by atoms with Gasteiger partial charge in [0.05, 0.1) is 17.8 Å². The number of halogens is 1. The molecule has 2 amide bonds. The molecule has 11 heteroatoms. The number of nitrogens with zero attached hydrogens (tertiary/aromatic N) is 6. The Kier molecular flexibility index (Phi) is 4.63. The van der Waals surface area contributed by atoms with Gasteiger partial charge in [0.15, 0.2) is 12.1 Å². The number of hydrogen-bond acceptors (Lipinski definition) is 9. The summed E-state index contributed by atoms with van der Waals surface area (Å²) in [6.07, 6.45) is 0. The molecule has 156 valence electrons. The Bertz CT molecular complexity index is 1190. The highest BCUT2D eigenvalue weighted by Gasteiger charge is 2.55. The van der Waals surface area contributed by atoms with Gasteiger partial charge in [-0.25, -0.2) is 4.90 Å². The molecule has 3 aromatic rings. The second-order valence-electron chi connectivity index (χ2n) is 6.89. The third-order valence-corrected chi connectivity index (χ3v) is 5.40. The summed E-state index contributed by atoms with van der Waals surface area (Å²) in [7, 11) is 1.54. The molecule has 0 radical (unpaired) electrons. The summed E-state index contributed by atoms with van der Waals surface area (Å²) < 4.78 is 10.4. The average Bonchev–Trinajstić information content (AvgIpc) is 3.47. The van der Waals surface area contributed by atoms with Crippen molar-refractivity contribution in [1.82, 2.24) is 15.1 Å². The number of anilines is 1. The van der Waals surface area contributed by atoms with Gasteiger partial charge in [-0.3, -0.25) is 14.6 Å². The Morgan fingerprint density at radius 1 is 1.10 bits per heavy atom.